The quantitative estimate of drug-likeness (QED) is 0.251. The summed E-state index contributed by atoms with van der Waals surface area (Å²) in [7, 11) is 0. The van der Waals surface area contributed by atoms with Crippen molar-refractivity contribution in [1.82, 2.24) is 34.9 Å². The van der Waals surface area contributed by atoms with E-state index in [4.69, 9.17) is 15.6 Å². The van der Waals surface area contributed by atoms with Crippen LogP contribution >= 0.6 is 0 Å². The Labute approximate surface area is 258 Å². The van der Waals surface area contributed by atoms with Gasteiger partial charge in [-0.05, 0) is 61.7 Å². The van der Waals surface area contributed by atoms with E-state index in [2.05, 4.69) is 25.2 Å². The number of halogens is 1. The van der Waals surface area contributed by atoms with E-state index in [1.54, 1.807) is 6.07 Å². The number of ether oxygens (including phenoxy) is 1. The van der Waals surface area contributed by atoms with Gasteiger partial charge in [-0.3, -0.25) is 24.8 Å². The lowest BCUT2D eigenvalue weighted by atomic mass is 9.93. The maximum Gasteiger partial charge on any atom is 0.235 e. The molecule has 0 bridgehead atoms. The van der Waals surface area contributed by atoms with E-state index in [1.165, 1.54) is 12.5 Å². The van der Waals surface area contributed by atoms with Crippen LogP contribution in [0.4, 0.5) is 10.2 Å². The SMILES string of the molecule is Nc1ncnc2c1c(-c1ccc(Oc3ccccc3)cc1)nn2C1CCN(Cc2cc(C3CCC(=O)NC3=O)ncc2F)CC1. The molecule has 3 N–H and O–H groups in total. The molecule has 2 amide bonds. The number of hydrogen-bond donors (Lipinski definition) is 2. The van der Waals surface area contributed by atoms with Gasteiger partial charge in [0, 0.05) is 37.2 Å². The van der Waals surface area contributed by atoms with E-state index < -0.39 is 11.7 Å². The van der Waals surface area contributed by atoms with Crippen LogP contribution in [0.5, 0.6) is 11.5 Å². The number of amides is 2. The topological polar surface area (TPSA) is 141 Å². The first-order chi connectivity index (χ1) is 21.9. The van der Waals surface area contributed by atoms with Gasteiger partial charge in [0.05, 0.1) is 29.2 Å². The van der Waals surface area contributed by atoms with Crippen LogP contribution in [-0.4, -0.2) is 54.5 Å². The minimum Gasteiger partial charge on any atom is -0.457 e. The predicted molar refractivity (Wildman–Crippen MR) is 165 cm³/mol. The van der Waals surface area contributed by atoms with Gasteiger partial charge < -0.3 is 10.5 Å². The number of likely N-dealkylation sites (tertiary alicyclic amines) is 1. The minimum absolute atomic E-state index is 0.0637. The molecule has 1 atom stereocenters. The number of rotatable bonds is 7. The summed E-state index contributed by atoms with van der Waals surface area (Å²) in [5.41, 5.74) is 9.57. The van der Waals surface area contributed by atoms with Crippen LogP contribution in [0.15, 0.2) is 73.2 Å². The van der Waals surface area contributed by atoms with Crippen molar-refractivity contribution >= 4 is 28.7 Å². The lowest BCUT2D eigenvalue weighted by Crippen LogP contribution is -2.39. The fourth-order valence-electron chi connectivity index (χ4n) is 6.11. The van der Waals surface area contributed by atoms with Crippen LogP contribution in [-0.2, 0) is 16.1 Å². The number of fused-ring (bicyclic) bond motifs is 1. The fourth-order valence-corrected chi connectivity index (χ4v) is 6.11. The second-order valence-electron chi connectivity index (χ2n) is 11.4. The van der Waals surface area contributed by atoms with Crippen LogP contribution in [0.2, 0.25) is 0 Å². The summed E-state index contributed by atoms with van der Waals surface area (Å²) in [5, 5.41) is 8.06. The van der Waals surface area contributed by atoms with Crippen molar-refractivity contribution in [3.63, 3.8) is 0 Å². The molecule has 12 heteroatoms. The summed E-state index contributed by atoms with van der Waals surface area (Å²) in [6, 6.07) is 19.0. The molecular weight excluding hydrogens is 575 g/mol. The van der Waals surface area contributed by atoms with Crippen molar-refractivity contribution in [2.75, 3.05) is 18.8 Å². The Morgan fingerprint density at radius 3 is 2.47 bits per heavy atom. The number of carbonyl (C=O) groups excluding carboxylic acids is 2. The third-order valence-corrected chi connectivity index (χ3v) is 8.47. The molecule has 5 aromatic rings. The Hall–Kier alpha value is -5.23. The molecule has 3 aromatic heterocycles. The molecule has 11 nitrogen and oxygen atoms in total. The van der Waals surface area contributed by atoms with Crippen molar-refractivity contribution in [3.05, 3.63) is 90.3 Å². The second-order valence-corrected chi connectivity index (χ2v) is 11.4. The second kappa shape index (κ2) is 12.0. The Morgan fingerprint density at radius 1 is 0.956 bits per heavy atom. The average molecular weight is 607 g/mol. The van der Waals surface area contributed by atoms with Gasteiger partial charge in [0.25, 0.3) is 0 Å². The molecule has 2 fully saturated rings. The highest BCUT2D eigenvalue weighted by molar-refractivity contribution is 6.01. The van der Waals surface area contributed by atoms with E-state index in [0.717, 1.165) is 24.2 Å². The van der Waals surface area contributed by atoms with Gasteiger partial charge in [0.2, 0.25) is 11.8 Å². The molecule has 2 aliphatic heterocycles. The van der Waals surface area contributed by atoms with E-state index >= 15 is 0 Å². The maximum atomic E-state index is 14.8. The van der Waals surface area contributed by atoms with Gasteiger partial charge in [-0.15, -0.1) is 0 Å². The molecule has 45 heavy (non-hydrogen) atoms. The fraction of sp³-hybridized carbons (Fsp3) is 0.273. The number of para-hydroxylation sites is 1. The minimum atomic E-state index is -0.558. The van der Waals surface area contributed by atoms with Gasteiger partial charge in [-0.1, -0.05) is 18.2 Å². The molecule has 0 aliphatic carbocycles. The number of pyridine rings is 1. The molecule has 2 saturated heterocycles. The first-order valence-electron chi connectivity index (χ1n) is 15.0. The van der Waals surface area contributed by atoms with Crippen molar-refractivity contribution in [2.24, 2.45) is 0 Å². The number of nitrogens with one attached hydrogen (secondary N) is 1. The number of nitrogens with zero attached hydrogens (tertiary/aromatic N) is 6. The van der Waals surface area contributed by atoms with Gasteiger partial charge >= 0.3 is 0 Å². The smallest absolute Gasteiger partial charge is 0.235 e. The molecule has 2 aliphatic rings. The predicted octanol–water partition coefficient (Wildman–Crippen LogP) is 4.76. The van der Waals surface area contributed by atoms with Crippen LogP contribution in [0, 0.1) is 5.82 Å². The van der Waals surface area contributed by atoms with E-state index in [1.807, 2.05) is 59.3 Å². The Morgan fingerprint density at radius 2 is 1.71 bits per heavy atom. The standard InChI is InChI=1S/C33H31FN8O3/c34-26-17-36-27(25-10-11-28(43)39-33(25)44)16-21(26)18-41-14-12-22(13-15-41)42-32-29(31(35)37-19-38-32)30(40-42)20-6-8-24(9-7-20)45-23-4-2-1-3-5-23/h1-9,16-17,19,22,25H,10-15,18H2,(H2,35,37,38)(H,39,43,44). The summed E-state index contributed by atoms with van der Waals surface area (Å²) in [4.78, 5) is 39.0. The number of carbonyl (C=O) groups is 2. The number of hydrogen-bond acceptors (Lipinski definition) is 9. The van der Waals surface area contributed by atoms with Crippen LogP contribution in [0.25, 0.3) is 22.3 Å². The monoisotopic (exact) mass is 606 g/mol. The molecule has 7 rings (SSSR count). The van der Waals surface area contributed by atoms with E-state index in [9.17, 15) is 14.0 Å². The molecule has 2 aromatic carbocycles. The largest absolute Gasteiger partial charge is 0.457 e. The number of benzene rings is 2. The third kappa shape index (κ3) is 5.84. The van der Waals surface area contributed by atoms with Crippen molar-refractivity contribution < 1.29 is 18.7 Å². The Kier molecular flexibility index (Phi) is 7.64. The van der Waals surface area contributed by atoms with Crippen molar-refractivity contribution in [2.45, 2.75) is 44.2 Å². The van der Waals surface area contributed by atoms with Crippen molar-refractivity contribution in [3.8, 4) is 22.8 Å². The summed E-state index contributed by atoms with van der Waals surface area (Å²) >= 11 is 0. The first-order valence-corrected chi connectivity index (χ1v) is 15.0. The van der Waals surface area contributed by atoms with Gasteiger partial charge in [-0.25, -0.2) is 19.0 Å². The molecule has 5 heterocycles. The molecule has 1 unspecified atom stereocenters. The van der Waals surface area contributed by atoms with Gasteiger partial charge in [-0.2, -0.15) is 5.10 Å². The maximum absolute atomic E-state index is 14.8. The Bertz CT molecular complexity index is 1870. The lowest BCUT2D eigenvalue weighted by Gasteiger charge is -2.32. The summed E-state index contributed by atoms with van der Waals surface area (Å²) in [5.74, 6) is 0.178. The molecular formula is C33H31FN8O3. The Balaban J connectivity index is 1.07. The highest BCUT2D eigenvalue weighted by Crippen LogP contribution is 2.35. The number of piperidine rings is 2. The zero-order valence-corrected chi connectivity index (χ0v) is 24.4. The summed E-state index contributed by atoms with van der Waals surface area (Å²) in [6.45, 7) is 1.81. The zero-order chi connectivity index (χ0) is 30.9. The van der Waals surface area contributed by atoms with Crippen molar-refractivity contribution in [1.29, 1.82) is 0 Å². The van der Waals surface area contributed by atoms with Gasteiger partial charge in [0.15, 0.2) is 5.65 Å². The zero-order valence-electron chi connectivity index (χ0n) is 24.4. The van der Waals surface area contributed by atoms with Crippen LogP contribution < -0.4 is 15.8 Å². The third-order valence-electron chi connectivity index (χ3n) is 8.47. The number of imide groups is 1. The molecule has 0 spiro atoms. The number of aromatic nitrogens is 5. The van der Waals surface area contributed by atoms with Crippen LogP contribution in [0.3, 0.4) is 0 Å². The summed E-state index contributed by atoms with van der Waals surface area (Å²) in [6.07, 6.45) is 4.79. The first kappa shape index (κ1) is 28.5. The highest BCUT2D eigenvalue weighted by Gasteiger charge is 2.30. The van der Waals surface area contributed by atoms with Crippen LogP contribution in [0.1, 0.15) is 48.9 Å². The van der Waals surface area contributed by atoms with E-state index in [-0.39, 0.29) is 24.3 Å². The van der Waals surface area contributed by atoms with E-state index in [0.29, 0.717) is 65.6 Å². The molecule has 0 saturated carbocycles. The molecule has 228 valence electrons. The summed E-state index contributed by atoms with van der Waals surface area (Å²) < 4.78 is 22.7. The lowest BCUT2D eigenvalue weighted by molar-refractivity contribution is -0.134. The average Bonchev–Trinajstić information content (AvgIpc) is 3.44. The number of nitrogens with two attached hydrogens (primary N) is 1. The number of anilines is 1. The van der Waals surface area contributed by atoms with Gasteiger partial charge in [0.1, 0.15) is 35.2 Å². The highest BCUT2D eigenvalue weighted by atomic mass is 19.1. The normalized spacial score (nSPS) is 17.8. The number of nitrogen functional groups attached to an aromatic ring is 1. The molecule has 0 radical (unpaired) electrons.